The van der Waals surface area contributed by atoms with Crippen LogP contribution in [-0.2, 0) is 4.79 Å². The number of carboxylic acids is 1. The van der Waals surface area contributed by atoms with Crippen molar-refractivity contribution in [2.45, 2.75) is 44.9 Å². The zero-order chi connectivity index (χ0) is 11.4. The van der Waals surface area contributed by atoms with Crippen LogP contribution in [0.3, 0.4) is 0 Å². The summed E-state index contributed by atoms with van der Waals surface area (Å²) in [6, 6.07) is 0. The normalized spacial score (nSPS) is 33.9. The van der Waals surface area contributed by atoms with Crippen molar-refractivity contribution >= 4 is 5.97 Å². The van der Waals surface area contributed by atoms with E-state index < -0.39 is 11.4 Å². The highest BCUT2D eigenvalue weighted by atomic mass is 16.4. The van der Waals surface area contributed by atoms with Crippen molar-refractivity contribution in [3.8, 4) is 0 Å². The van der Waals surface area contributed by atoms with Crippen LogP contribution in [0.2, 0.25) is 0 Å². The quantitative estimate of drug-likeness (QED) is 0.683. The SMILES string of the molecule is O=C([O-])C1(CC2CC=CCC2)CC=CCC1. The Labute approximate surface area is 97.0 Å². The van der Waals surface area contributed by atoms with Gasteiger partial charge in [-0.2, -0.15) is 0 Å². The van der Waals surface area contributed by atoms with Gasteiger partial charge < -0.3 is 9.90 Å². The fraction of sp³-hybridized carbons (Fsp3) is 0.643. The van der Waals surface area contributed by atoms with Crippen LogP contribution < -0.4 is 5.11 Å². The summed E-state index contributed by atoms with van der Waals surface area (Å²) in [6.45, 7) is 0. The average Bonchev–Trinajstić information content (AvgIpc) is 2.31. The number of aliphatic carboxylic acids is 1. The van der Waals surface area contributed by atoms with E-state index in [0.29, 0.717) is 12.3 Å². The fourth-order valence-electron chi connectivity index (χ4n) is 2.94. The van der Waals surface area contributed by atoms with E-state index in [-0.39, 0.29) is 0 Å². The van der Waals surface area contributed by atoms with Gasteiger partial charge in [0.25, 0.3) is 0 Å². The zero-order valence-corrected chi connectivity index (χ0v) is 9.65. The third-order valence-corrected chi connectivity index (χ3v) is 3.95. The summed E-state index contributed by atoms with van der Waals surface area (Å²) >= 11 is 0. The summed E-state index contributed by atoms with van der Waals surface area (Å²) in [7, 11) is 0. The van der Waals surface area contributed by atoms with Crippen molar-refractivity contribution in [2.24, 2.45) is 11.3 Å². The minimum atomic E-state index is -0.841. The molecule has 0 spiro atoms. The molecule has 0 amide bonds. The zero-order valence-electron chi connectivity index (χ0n) is 9.65. The summed E-state index contributed by atoms with van der Waals surface area (Å²) in [5.41, 5.74) is -0.579. The molecule has 0 saturated heterocycles. The first-order valence-corrected chi connectivity index (χ1v) is 6.24. The highest BCUT2D eigenvalue weighted by Crippen LogP contribution is 2.41. The van der Waals surface area contributed by atoms with E-state index in [1.165, 1.54) is 0 Å². The first kappa shape index (κ1) is 11.4. The molecular weight excluding hydrogens is 200 g/mol. The van der Waals surface area contributed by atoms with E-state index in [0.717, 1.165) is 38.5 Å². The van der Waals surface area contributed by atoms with Crippen molar-refractivity contribution in [2.75, 3.05) is 0 Å². The molecule has 0 fully saturated rings. The van der Waals surface area contributed by atoms with Crippen molar-refractivity contribution in [1.29, 1.82) is 0 Å². The minimum Gasteiger partial charge on any atom is -0.550 e. The summed E-state index contributed by atoms with van der Waals surface area (Å²) in [5.74, 6) is -0.305. The predicted molar refractivity (Wildman–Crippen MR) is 61.5 cm³/mol. The second-order valence-electron chi connectivity index (χ2n) is 5.14. The van der Waals surface area contributed by atoms with Gasteiger partial charge in [0.05, 0.1) is 0 Å². The maximum atomic E-state index is 11.4. The Kier molecular flexibility index (Phi) is 3.47. The Hall–Kier alpha value is -1.05. The maximum absolute atomic E-state index is 11.4. The molecule has 0 aromatic heterocycles. The molecule has 2 aliphatic rings. The lowest BCUT2D eigenvalue weighted by Crippen LogP contribution is -2.44. The monoisotopic (exact) mass is 219 g/mol. The average molecular weight is 219 g/mol. The number of carbonyl (C=O) groups is 1. The molecule has 2 heteroatoms. The van der Waals surface area contributed by atoms with Crippen LogP contribution >= 0.6 is 0 Å². The summed E-state index contributed by atoms with van der Waals surface area (Å²) in [5, 5.41) is 11.4. The maximum Gasteiger partial charge on any atom is 0.0479 e. The third kappa shape index (κ3) is 2.37. The van der Waals surface area contributed by atoms with Crippen LogP contribution in [0.1, 0.15) is 44.9 Å². The molecule has 0 N–H and O–H groups in total. The highest BCUT2D eigenvalue weighted by molar-refractivity contribution is 5.73. The summed E-state index contributed by atoms with van der Waals surface area (Å²) in [4.78, 5) is 11.4. The molecule has 2 nitrogen and oxygen atoms in total. The Balaban J connectivity index is 2.05. The van der Waals surface area contributed by atoms with Crippen molar-refractivity contribution in [3.63, 3.8) is 0 Å². The Morgan fingerprint density at radius 2 is 2.06 bits per heavy atom. The van der Waals surface area contributed by atoms with Gasteiger partial charge in [-0.1, -0.05) is 24.3 Å². The lowest BCUT2D eigenvalue weighted by Gasteiger charge is -2.39. The molecule has 2 unspecified atom stereocenters. The molecule has 2 rings (SSSR count). The van der Waals surface area contributed by atoms with Gasteiger partial charge >= 0.3 is 0 Å². The van der Waals surface area contributed by atoms with Gasteiger partial charge in [0.2, 0.25) is 0 Å². The number of carboxylic acid groups (broad SMARTS) is 1. The summed E-state index contributed by atoms with van der Waals surface area (Å²) in [6.07, 6.45) is 14.9. The van der Waals surface area contributed by atoms with Crippen LogP contribution in [0.5, 0.6) is 0 Å². The van der Waals surface area contributed by atoms with E-state index in [9.17, 15) is 9.90 Å². The first-order valence-electron chi connectivity index (χ1n) is 6.24. The standard InChI is InChI=1S/C14H20O2/c15-13(16)14(9-5-2-6-10-14)11-12-7-3-1-4-8-12/h1-3,5,12H,4,6-11H2,(H,15,16)/p-1. The molecule has 0 aliphatic heterocycles. The van der Waals surface area contributed by atoms with E-state index in [1.807, 2.05) is 6.08 Å². The molecule has 0 bridgehead atoms. The Morgan fingerprint density at radius 1 is 1.25 bits per heavy atom. The molecule has 88 valence electrons. The van der Waals surface area contributed by atoms with E-state index in [2.05, 4.69) is 18.2 Å². The summed E-state index contributed by atoms with van der Waals surface area (Å²) < 4.78 is 0. The first-order chi connectivity index (χ1) is 7.73. The van der Waals surface area contributed by atoms with Crippen molar-refractivity contribution in [1.82, 2.24) is 0 Å². The largest absolute Gasteiger partial charge is 0.550 e. The molecule has 0 heterocycles. The number of hydrogen-bond acceptors (Lipinski definition) is 2. The molecule has 2 aliphatic carbocycles. The highest BCUT2D eigenvalue weighted by Gasteiger charge is 2.34. The van der Waals surface area contributed by atoms with E-state index in [4.69, 9.17) is 0 Å². The van der Waals surface area contributed by atoms with Crippen LogP contribution in [0.15, 0.2) is 24.3 Å². The molecule has 0 aromatic rings. The van der Waals surface area contributed by atoms with Gasteiger partial charge in [0, 0.05) is 11.4 Å². The van der Waals surface area contributed by atoms with Gasteiger partial charge in [-0.05, 0) is 50.9 Å². The van der Waals surface area contributed by atoms with Crippen molar-refractivity contribution in [3.05, 3.63) is 24.3 Å². The lowest BCUT2D eigenvalue weighted by molar-refractivity contribution is -0.320. The van der Waals surface area contributed by atoms with Crippen LogP contribution in [0, 0.1) is 11.3 Å². The smallest absolute Gasteiger partial charge is 0.0479 e. The van der Waals surface area contributed by atoms with Gasteiger partial charge in [-0.3, -0.25) is 0 Å². The predicted octanol–water partition coefficient (Wildman–Crippen LogP) is 2.21. The molecule has 0 saturated carbocycles. The minimum absolute atomic E-state index is 0.536. The van der Waals surface area contributed by atoms with Crippen molar-refractivity contribution < 1.29 is 9.90 Å². The van der Waals surface area contributed by atoms with Gasteiger partial charge in [-0.15, -0.1) is 0 Å². The molecular formula is C14H19O2-. The molecule has 16 heavy (non-hydrogen) atoms. The van der Waals surface area contributed by atoms with E-state index >= 15 is 0 Å². The number of rotatable bonds is 3. The number of carbonyl (C=O) groups excluding carboxylic acids is 1. The molecule has 2 atom stereocenters. The van der Waals surface area contributed by atoms with Gasteiger partial charge in [0.15, 0.2) is 0 Å². The second kappa shape index (κ2) is 4.86. The number of allylic oxidation sites excluding steroid dienone is 4. The third-order valence-electron chi connectivity index (χ3n) is 3.95. The fourth-order valence-corrected chi connectivity index (χ4v) is 2.94. The van der Waals surface area contributed by atoms with Crippen LogP contribution in [0.25, 0.3) is 0 Å². The van der Waals surface area contributed by atoms with E-state index in [1.54, 1.807) is 0 Å². The second-order valence-corrected chi connectivity index (χ2v) is 5.14. The number of hydrogen-bond donors (Lipinski definition) is 0. The Bertz CT molecular complexity index is 317. The lowest BCUT2D eigenvalue weighted by atomic mass is 9.69. The van der Waals surface area contributed by atoms with Crippen LogP contribution in [0.4, 0.5) is 0 Å². The van der Waals surface area contributed by atoms with Gasteiger partial charge in [0.1, 0.15) is 0 Å². The molecule has 0 radical (unpaired) electrons. The van der Waals surface area contributed by atoms with Crippen LogP contribution in [-0.4, -0.2) is 5.97 Å². The van der Waals surface area contributed by atoms with Gasteiger partial charge in [-0.25, -0.2) is 0 Å². The Morgan fingerprint density at radius 3 is 2.62 bits per heavy atom. The topological polar surface area (TPSA) is 40.1 Å². The molecule has 0 aromatic carbocycles.